The van der Waals surface area contributed by atoms with Gasteiger partial charge in [0.1, 0.15) is 0 Å². The molecule has 1 saturated carbocycles. The highest BCUT2D eigenvalue weighted by molar-refractivity contribution is 6.05. The van der Waals surface area contributed by atoms with Gasteiger partial charge in [-0.2, -0.15) is 0 Å². The molecule has 27 heavy (non-hydrogen) atoms. The van der Waals surface area contributed by atoms with E-state index in [1.165, 1.54) is 4.90 Å². The van der Waals surface area contributed by atoms with E-state index in [1.54, 1.807) is 12.3 Å². The van der Waals surface area contributed by atoms with Crippen molar-refractivity contribution >= 4 is 29.2 Å². The number of imide groups is 1. The number of likely N-dealkylation sites (tertiary alicyclic amines) is 1. The Morgan fingerprint density at radius 1 is 1.07 bits per heavy atom. The Bertz CT molecular complexity index is 720. The number of amides is 3. The molecule has 1 aromatic rings. The number of carbonyl (C=O) groups is 3. The van der Waals surface area contributed by atoms with Crippen molar-refractivity contribution in [2.24, 2.45) is 11.8 Å². The van der Waals surface area contributed by atoms with Crippen LogP contribution in [0.5, 0.6) is 0 Å². The van der Waals surface area contributed by atoms with Crippen molar-refractivity contribution < 1.29 is 14.4 Å². The largest absolute Gasteiger partial charge is 0.355 e. The number of hydrogen-bond donors (Lipinski definition) is 1. The Hall–Kier alpha value is -2.44. The van der Waals surface area contributed by atoms with Gasteiger partial charge in [-0.15, -0.1) is 0 Å². The van der Waals surface area contributed by atoms with Crippen molar-refractivity contribution in [1.82, 2.24) is 9.88 Å². The lowest BCUT2D eigenvalue weighted by atomic mass is 9.81. The fraction of sp³-hybridized carbons (Fsp3) is 0.600. The molecule has 0 unspecified atom stereocenters. The average molecular weight is 370 g/mol. The molecule has 1 N–H and O–H groups in total. The van der Waals surface area contributed by atoms with Crippen LogP contribution in [0.1, 0.15) is 44.9 Å². The second-order valence-electron chi connectivity index (χ2n) is 7.69. The summed E-state index contributed by atoms with van der Waals surface area (Å²) in [5.41, 5.74) is 0.692. The van der Waals surface area contributed by atoms with Gasteiger partial charge in [0, 0.05) is 32.3 Å². The molecule has 3 fully saturated rings. The van der Waals surface area contributed by atoms with Crippen LogP contribution in [0, 0.1) is 11.8 Å². The Morgan fingerprint density at radius 3 is 2.41 bits per heavy atom. The van der Waals surface area contributed by atoms with Gasteiger partial charge in [0.2, 0.25) is 17.7 Å². The molecular weight excluding hydrogens is 344 g/mol. The SMILES string of the molecule is O=C(CCN1C(=O)[C@H]2CCCC[C@H]2C1=O)Nc1cccnc1N1CCCC1. The van der Waals surface area contributed by atoms with Crippen LogP contribution >= 0.6 is 0 Å². The molecule has 0 radical (unpaired) electrons. The molecule has 2 aliphatic heterocycles. The highest BCUT2D eigenvalue weighted by Crippen LogP contribution is 2.38. The zero-order valence-corrected chi connectivity index (χ0v) is 15.5. The first kappa shape index (κ1) is 17.9. The number of fused-ring (bicyclic) bond motifs is 1. The van der Waals surface area contributed by atoms with E-state index in [4.69, 9.17) is 0 Å². The second kappa shape index (κ2) is 7.66. The molecule has 2 atom stereocenters. The minimum atomic E-state index is -0.195. The highest BCUT2D eigenvalue weighted by atomic mass is 16.2. The molecule has 0 spiro atoms. The number of hydrogen-bond acceptors (Lipinski definition) is 5. The lowest BCUT2D eigenvalue weighted by Gasteiger charge is -2.20. The van der Waals surface area contributed by atoms with E-state index in [0.29, 0.717) is 5.69 Å². The predicted molar refractivity (Wildman–Crippen MR) is 101 cm³/mol. The highest BCUT2D eigenvalue weighted by Gasteiger charge is 2.47. The van der Waals surface area contributed by atoms with E-state index in [1.807, 2.05) is 6.07 Å². The molecule has 1 aliphatic carbocycles. The number of pyridine rings is 1. The Kier molecular flexibility index (Phi) is 5.09. The number of carbonyl (C=O) groups excluding carboxylic acids is 3. The van der Waals surface area contributed by atoms with Crippen LogP contribution in [0.4, 0.5) is 11.5 Å². The molecule has 144 valence electrons. The summed E-state index contributed by atoms with van der Waals surface area (Å²) in [5.74, 6) is 0.110. The van der Waals surface area contributed by atoms with E-state index < -0.39 is 0 Å². The van der Waals surface area contributed by atoms with Crippen LogP contribution < -0.4 is 10.2 Å². The van der Waals surface area contributed by atoms with Gasteiger partial charge >= 0.3 is 0 Å². The Morgan fingerprint density at radius 2 is 1.74 bits per heavy atom. The minimum Gasteiger partial charge on any atom is -0.355 e. The van der Waals surface area contributed by atoms with Gasteiger partial charge in [-0.3, -0.25) is 19.3 Å². The summed E-state index contributed by atoms with van der Waals surface area (Å²) in [6.07, 6.45) is 7.72. The predicted octanol–water partition coefficient (Wildman–Crippen LogP) is 2.19. The van der Waals surface area contributed by atoms with Crippen molar-refractivity contribution in [1.29, 1.82) is 0 Å². The molecular formula is C20H26N4O3. The molecule has 3 aliphatic rings. The number of nitrogens with zero attached hydrogens (tertiary/aromatic N) is 3. The van der Waals surface area contributed by atoms with E-state index in [-0.39, 0.29) is 42.5 Å². The summed E-state index contributed by atoms with van der Waals surface area (Å²) in [7, 11) is 0. The van der Waals surface area contributed by atoms with Gasteiger partial charge in [-0.25, -0.2) is 4.98 Å². The van der Waals surface area contributed by atoms with Crippen molar-refractivity contribution in [3.8, 4) is 0 Å². The monoisotopic (exact) mass is 370 g/mol. The Balaban J connectivity index is 1.37. The van der Waals surface area contributed by atoms with Crippen molar-refractivity contribution in [3.05, 3.63) is 18.3 Å². The molecule has 7 nitrogen and oxygen atoms in total. The zero-order chi connectivity index (χ0) is 18.8. The maximum absolute atomic E-state index is 12.5. The number of anilines is 2. The number of nitrogens with one attached hydrogen (secondary N) is 1. The average Bonchev–Trinajstić information content (AvgIpc) is 3.29. The topological polar surface area (TPSA) is 82.6 Å². The van der Waals surface area contributed by atoms with Gasteiger partial charge in [0.15, 0.2) is 5.82 Å². The molecule has 7 heteroatoms. The fourth-order valence-electron chi connectivity index (χ4n) is 4.55. The third-order valence-electron chi connectivity index (χ3n) is 5.96. The first-order valence-corrected chi connectivity index (χ1v) is 10.00. The minimum absolute atomic E-state index is 0.0865. The van der Waals surface area contributed by atoms with E-state index in [2.05, 4.69) is 15.2 Å². The summed E-state index contributed by atoms with van der Waals surface area (Å²) < 4.78 is 0. The van der Waals surface area contributed by atoms with Crippen LogP contribution in [0.3, 0.4) is 0 Å². The zero-order valence-electron chi connectivity index (χ0n) is 15.5. The third-order valence-corrected chi connectivity index (χ3v) is 5.96. The van der Waals surface area contributed by atoms with Crippen molar-refractivity contribution in [2.75, 3.05) is 29.9 Å². The molecule has 0 bridgehead atoms. The molecule has 3 amide bonds. The van der Waals surface area contributed by atoms with Gasteiger partial charge < -0.3 is 10.2 Å². The quantitative estimate of drug-likeness (QED) is 0.804. The summed E-state index contributed by atoms with van der Waals surface area (Å²) in [5, 5.41) is 2.91. The van der Waals surface area contributed by atoms with Gasteiger partial charge in [0.05, 0.1) is 17.5 Å². The van der Waals surface area contributed by atoms with Crippen molar-refractivity contribution in [3.63, 3.8) is 0 Å². The standard InChI is InChI=1S/C20H26N4O3/c25-17(22-16-8-5-10-21-18(16)23-11-3-4-12-23)9-13-24-19(26)14-6-1-2-7-15(14)20(24)27/h5,8,10,14-15H,1-4,6-7,9,11-13H2,(H,22,25)/t14-,15+. The Labute approximate surface area is 159 Å². The van der Waals surface area contributed by atoms with E-state index >= 15 is 0 Å². The van der Waals surface area contributed by atoms with Crippen LogP contribution in [-0.4, -0.2) is 47.2 Å². The summed E-state index contributed by atoms with van der Waals surface area (Å²) >= 11 is 0. The molecule has 0 aromatic carbocycles. The van der Waals surface area contributed by atoms with Crippen LogP contribution in [0.2, 0.25) is 0 Å². The molecule has 2 saturated heterocycles. The van der Waals surface area contributed by atoms with Crippen LogP contribution in [-0.2, 0) is 14.4 Å². The summed E-state index contributed by atoms with van der Waals surface area (Å²) in [6.45, 7) is 2.05. The van der Waals surface area contributed by atoms with Crippen molar-refractivity contribution in [2.45, 2.75) is 44.9 Å². The lowest BCUT2D eigenvalue weighted by Crippen LogP contribution is -2.34. The van der Waals surface area contributed by atoms with Gasteiger partial charge in [-0.05, 0) is 37.8 Å². The third kappa shape index (κ3) is 3.55. The fourth-order valence-corrected chi connectivity index (χ4v) is 4.55. The van der Waals surface area contributed by atoms with E-state index in [9.17, 15) is 14.4 Å². The van der Waals surface area contributed by atoms with Crippen LogP contribution in [0.15, 0.2) is 18.3 Å². The second-order valence-corrected chi connectivity index (χ2v) is 7.69. The first-order valence-electron chi connectivity index (χ1n) is 10.00. The summed E-state index contributed by atoms with van der Waals surface area (Å²) in [6, 6.07) is 3.65. The maximum Gasteiger partial charge on any atom is 0.233 e. The maximum atomic E-state index is 12.5. The first-order chi connectivity index (χ1) is 13.1. The molecule has 3 heterocycles. The number of rotatable bonds is 5. The summed E-state index contributed by atoms with van der Waals surface area (Å²) in [4.78, 5) is 45.4. The molecule has 1 aromatic heterocycles. The van der Waals surface area contributed by atoms with Gasteiger partial charge in [-0.1, -0.05) is 12.8 Å². The van der Waals surface area contributed by atoms with Gasteiger partial charge in [0.25, 0.3) is 0 Å². The molecule has 4 rings (SSSR count). The number of aromatic nitrogens is 1. The normalized spacial score (nSPS) is 25.0. The van der Waals surface area contributed by atoms with Crippen LogP contribution in [0.25, 0.3) is 0 Å². The van der Waals surface area contributed by atoms with E-state index in [0.717, 1.165) is 57.4 Å². The lowest BCUT2D eigenvalue weighted by molar-refractivity contribution is -0.140. The smallest absolute Gasteiger partial charge is 0.233 e.